The molecule has 0 aromatic carbocycles. The van der Waals surface area contributed by atoms with Gasteiger partial charge >= 0.3 is 0 Å². The molecule has 0 bridgehead atoms. The van der Waals surface area contributed by atoms with E-state index in [9.17, 15) is 0 Å². The van der Waals surface area contributed by atoms with E-state index in [1.807, 2.05) is 0 Å². The van der Waals surface area contributed by atoms with Gasteiger partial charge in [0.15, 0.2) is 0 Å². The van der Waals surface area contributed by atoms with Crippen LogP contribution in [0.25, 0.3) is 0 Å². The molecular formula is C16H36N2. The third-order valence-electron chi connectivity index (χ3n) is 2.97. The first-order valence-corrected chi connectivity index (χ1v) is 7.31. The van der Waals surface area contributed by atoms with Gasteiger partial charge in [0.25, 0.3) is 0 Å². The summed E-state index contributed by atoms with van der Waals surface area (Å²) < 4.78 is 0. The molecule has 0 aliphatic carbocycles. The van der Waals surface area contributed by atoms with Gasteiger partial charge in [0.1, 0.15) is 0 Å². The van der Waals surface area contributed by atoms with Crippen molar-refractivity contribution < 1.29 is 0 Å². The zero-order valence-corrected chi connectivity index (χ0v) is 14.0. The molecule has 18 heavy (non-hydrogen) atoms. The van der Waals surface area contributed by atoms with E-state index in [0.29, 0.717) is 16.9 Å². The lowest BCUT2D eigenvalue weighted by Gasteiger charge is -2.34. The topological polar surface area (TPSA) is 38.0 Å². The minimum Gasteiger partial charge on any atom is -0.328 e. The Hall–Kier alpha value is -0.0800. The number of rotatable bonds is 6. The Kier molecular flexibility index (Phi) is 6.35. The van der Waals surface area contributed by atoms with E-state index in [4.69, 9.17) is 5.73 Å². The predicted octanol–water partition coefficient (Wildman–Crippen LogP) is 3.94. The second-order valence-corrected chi connectivity index (χ2v) is 8.86. The van der Waals surface area contributed by atoms with E-state index in [1.54, 1.807) is 0 Å². The quantitative estimate of drug-likeness (QED) is 0.755. The Balaban J connectivity index is 3.96. The fraction of sp³-hybridized carbons (Fsp3) is 1.00. The van der Waals surface area contributed by atoms with Gasteiger partial charge in [-0.2, -0.15) is 0 Å². The van der Waals surface area contributed by atoms with E-state index >= 15 is 0 Å². The smallest absolute Gasteiger partial charge is 0.0130 e. The molecule has 0 aliphatic rings. The van der Waals surface area contributed by atoms with Crippen LogP contribution in [0.3, 0.4) is 0 Å². The van der Waals surface area contributed by atoms with Crippen molar-refractivity contribution >= 4 is 0 Å². The van der Waals surface area contributed by atoms with Crippen LogP contribution in [0.1, 0.15) is 74.7 Å². The zero-order chi connectivity index (χ0) is 14.6. The standard InChI is InChI=1S/C16H36N2/c1-14(2,3)11-13(17)9-10-18-16(7,8)12-15(4,5)6/h13,18H,9-12,17H2,1-8H3. The van der Waals surface area contributed by atoms with Crippen LogP contribution in [0.2, 0.25) is 0 Å². The summed E-state index contributed by atoms with van der Waals surface area (Å²) in [6, 6.07) is 0.308. The lowest BCUT2D eigenvalue weighted by atomic mass is 9.81. The summed E-state index contributed by atoms with van der Waals surface area (Å²) in [5.41, 5.74) is 7.07. The second-order valence-electron chi connectivity index (χ2n) is 8.86. The summed E-state index contributed by atoms with van der Waals surface area (Å²) in [7, 11) is 0. The summed E-state index contributed by atoms with van der Waals surface area (Å²) in [5.74, 6) is 0. The highest BCUT2D eigenvalue weighted by Gasteiger charge is 2.25. The first-order valence-electron chi connectivity index (χ1n) is 7.31. The average Bonchev–Trinajstić information content (AvgIpc) is 1.93. The molecule has 2 heteroatoms. The highest BCUT2D eigenvalue weighted by Crippen LogP contribution is 2.27. The van der Waals surface area contributed by atoms with Crippen molar-refractivity contribution in [2.24, 2.45) is 16.6 Å². The molecule has 0 aromatic heterocycles. The minimum atomic E-state index is 0.194. The molecule has 0 aliphatic heterocycles. The highest BCUT2D eigenvalue weighted by atomic mass is 15.0. The van der Waals surface area contributed by atoms with Crippen LogP contribution in [-0.4, -0.2) is 18.1 Å². The Labute approximate surface area is 115 Å². The van der Waals surface area contributed by atoms with E-state index in [0.717, 1.165) is 19.4 Å². The molecular weight excluding hydrogens is 220 g/mol. The molecule has 3 N–H and O–H groups in total. The zero-order valence-electron chi connectivity index (χ0n) is 14.0. The van der Waals surface area contributed by atoms with Crippen LogP contribution in [0.15, 0.2) is 0 Å². The highest BCUT2D eigenvalue weighted by molar-refractivity contribution is 4.84. The lowest BCUT2D eigenvalue weighted by molar-refractivity contribution is 0.237. The van der Waals surface area contributed by atoms with Crippen molar-refractivity contribution in [3.05, 3.63) is 0 Å². The lowest BCUT2D eigenvalue weighted by Crippen LogP contribution is -2.44. The number of hydrogen-bond donors (Lipinski definition) is 2. The van der Waals surface area contributed by atoms with Crippen molar-refractivity contribution in [3.63, 3.8) is 0 Å². The molecule has 0 radical (unpaired) electrons. The molecule has 0 aromatic rings. The maximum atomic E-state index is 6.18. The van der Waals surface area contributed by atoms with Crippen molar-refractivity contribution in [2.75, 3.05) is 6.54 Å². The fourth-order valence-corrected chi connectivity index (χ4v) is 2.87. The first kappa shape index (κ1) is 17.9. The van der Waals surface area contributed by atoms with E-state index < -0.39 is 0 Å². The second kappa shape index (κ2) is 6.38. The summed E-state index contributed by atoms with van der Waals surface area (Å²) in [6.07, 6.45) is 3.33. The Morgan fingerprint density at radius 1 is 0.889 bits per heavy atom. The molecule has 0 heterocycles. The number of nitrogens with one attached hydrogen (secondary N) is 1. The van der Waals surface area contributed by atoms with Crippen LogP contribution < -0.4 is 11.1 Å². The monoisotopic (exact) mass is 256 g/mol. The molecule has 0 saturated carbocycles. The van der Waals surface area contributed by atoms with Gasteiger partial charge in [0, 0.05) is 11.6 Å². The van der Waals surface area contributed by atoms with Crippen molar-refractivity contribution in [3.8, 4) is 0 Å². The van der Waals surface area contributed by atoms with Gasteiger partial charge in [0.2, 0.25) is 0 Å². The fourth-order valence-electron chi connectivity index (χ4n) is 2.87. The average molecular weight is 256 g/mol. The van der Waals surface area contributed by atoms with Gasteiger partial charge in [-0.1, -0.05) is 41.5 Å². The van der Waals surface area contributed by atoms with Crippen molar-refractivity contribution in [1.82, 2.24) is 5.32 Å². The third kappa shape index (κ3) is 11.0. The van der Waals surface area contributed by atoms with E-state index in [2.05, 4.69) is 60.7 Å². The molecule has 0 rings (SSSR count). The first-order chi connectivity index (χ1) is 7.81. The SMILES string of the molecule is CC(C)(C)CC(N)CCNC(C)(C)CC(C)(C)C. The van der Waals surface area contributed by atoms with Gasteiger partial charge < -0.3 is 11.1 Å². The van der Waals surface area contributed by atoms with Crippen LogP contribution in [0, 0.1) is 10.8 Å². The maximum absolute atomic E-state index is 6.18. The van der Waals surface area contributed by atoms with Gasteiger partial charge in [-0.25, -0.2) is 0 Å². The van der Waals surface area contributed by atoms with Crippen molar-refractivity contribution in [1.29, 1.82) is 0 Å². The van der Waals surface area contributed by atoms with Gasteiger partial charge in [0.05, 0.1) is 0 Å². The van der Waals surface area contributed by atoms with Gasteiger partial charge in [-0.3, -0.25) is 0 Å². The van der Waals surface area contributed by atoms with Crippen molar-refractivity contribution in [2.45, 2.75) is 86.2 Å². The Morgan fingerprint density at radius 3 is 1.78 bits per heavy atom. The molecule has 0 saturated heterocycles. The summed E-state index contributed by atoms with van der Waals surface area (Å²) in [4.78, 5) is 0. The van der Waals surface area contributed by atoms with Crippen LogP contribution in [-0.2, 0) is 0 Å². The number of nitrogens with two attached hydrogens (primary N) is 1. The van der Waals surface area contributed by atoms with Crippen LogP contribution in [0.4, 0.5) is 0 Å². The molecule has 0 amide bonds. The molecule has 0 fully saturated rings. The molecule has 1 atom stereocenters. The molecule has 110 valence electrons. The normalized spacial score (nSPS) is 15.8. The summed E-state index contributed by atoms with van der Waals surface area (Å²) in [6.45, 7) is 19.2. The predicted molar refractivity (Wildman–Crippen MR) is 82.8 cm³/mol. The summed E-state index contributed by atoms with van der Waals surface area (Å²) in [5, 5.41) is 3.65. The molecule has 0 spiro atoms. The minimum absolute atomic E-state index is 0.194. The van der Waals surface area contributed by atoms with Crippen LogP contribution >= 0.6 is 0 Å². The third-order valence-corrected chi connectivity index (χ3v) is 2.97. The van der Waals surface area contributed by atoms with Gasteiger partial charge in [-0.05, 0) is 50.5 Å². The molecule has 1 unspecified atom stereocenters. The van der Waals surface area contributed by atoms with Gasteiger partial charge in [-0.15, -0.1) is 0 Å². The largest absolute Gasteiger partial charge is 0.328 e. The van der Waals surface area contributed by atoms with Crippen LogP contribution in [0.5, 0.6) is 0 Å². The Bertz CT molecular complexity index is 230. The Morgan fingerprint density at radius 2 is 1.39 bits per heavy atom. The van der Waals surface area contributed by atoms with E-state index in [1.165, 1.54) is 6.42 Å². The summed E-state index contributed by atoms with van der Waals surface area (Å²) >= 11 is 0. The molecule has 2 nitrogen and oxygen atoms in total. The maximum Gasteiger partial charge on any atom is 0.0130 e. The van der Waals surface area contributed by atoms with E-state index in [-0.39, 0.29) is 5.54 Å². The number of hydrogen-bond acceptors (Lipinski definition) is 2.